The number of hydrogen-bond acceptors (Lipinski definition) is 3. The quantitative estimate of drug-likeness (QED) is 0.752. The van der Waals surface area contributed by atoms with E-state index in [1.807, 2.05) is 36.2 Å². The molecule has 21 heavy (non-hydrogen) atoms. The van der Waals surface area contributed by atoms with Gasteiger partial charge in [0, 0.05) is 31.6 Å². The number of carbonyl (C=O) groups excluding carboxylic acids is 2. The van der Waals surface area contributed by atoms with E-state index in [0.717, 1.165) is 37.2 Å². The summed E-state index contributed by atoms with van der Waals surface area (Å²) in [5.41, 5.74) is 1.90. The largest absolute Gasteiger partial charge is 0.338 e. The van der Waals surface area contributed by atoms with Crippen molar-refractivity contribution in [3.63, 3.8) is 0 Å². The summed E-state index contributed by atoms with van der Waals surface area (Å²) in [5, 5.41) is 5.90. The van der Waals surface area contributed by atoms with Gasteiger partial charge in [0.25, 0.3) is 0 Å². The van der Waals surface area contributed by atoms with Crippen LogP contribution in [-0.4, -0.2) is 36.9 Å². The highest BCUT2D eigenvalue weighted by Crippen LogP contribution is 2.16. The van der Waals surface area contributed by atoms with Crippen LogP contribution in [0.2, 0.25) is 0 Å². The van der Waals surface area contributed by atoms with Crippen LogP contribution in [0.15, 0.2) is 24.3 Å². The number of carbonyl (C=O) groups is 2. The molecule has 1 fully saturated rings. The average Bonchev–Trinajstić information content (AvgIpc) is 2.87. The molecule has 2 amide bonds. The predicted octanol–water partition coefficient (Wildman–Crippen LogP) is 1.75. The number of likely N-dealkylation sites (tertiary alicyclic amines) is 1. The molecule has 5 heteroatoms. The Balaban J connectivity index is 1.81. The molecule has 1 aromatic rings. The lowest BCUT2D eigenvalue weighted by atomic mass is 10.2. The van der Waals surface area contributed by atoms with Gasteiger partial charge in [0.05, 0.1) is 0 Å². The molecule has 0 unspecified atom stereocenters. The van der Waals surface area contributed by atoms with Gasteiger partial charge in [0.15, 0.2) is 0 Å². The van der Waals surface area contributed by atoms with Crippen molar-refractivity contribution in [1.82, 2.24) is 10.2 Å². The van der Waals surface area contributed by atoms with Crippen molar-refractivity contribution >= 4 is 17.5 Å². The van der Waals surface area contributed by atoms with Crippen molar-refractivity contribution in [1.29, 1.82) is 0 Å². The Bertz CT molecular complexity index is 485. The van der Waals surface area contributed by atoms with Crippen LogP contribution in [0, 0.1) is 0 Å². The molecule has 1 aromatic carbocycles. The van der Waals surface area contributed by atoms with Gasteiger partial charge in [-0.2, -0.15) is 0 Å². The third kappa shape index (κ3) is 4.86. The SMILES string of the molecule is CNCCCC(=O)Nc1ccc(CN2CCCC2=O)cc1. The van der Waals surface area contributed by atoms with Gasteiger partial charge in [0.1, 0.15) is 0 Å². The van der Waals surface area contributed by atoms with Gasteiger partial charge in [-0.1, -0.05) is 12.1 Å². The van der Waals surface area contributed by atoms with Crippen LogP contribution in [-0.2, 0) is 16.1 Å². The molecule has 0 spiro atoms. The van der Waals surface area contributed by atoms with Crippen molar-refractivity contribution in [2.24, 2.45) is 0 Å². The molecule has 2 N–H and O–H groups in total. The molecule has 1 heterocycles. The molecular formula is C16H23N3O2. The molecule has 0 atom stereocenters. The van der Waals surface area contributed by atoms with E-state index >= 15 is 0 Å². The zero-order valence-electron chi connectivity index (χ0n) is 12.5. The fraction of sp³-hybridized carbons (Fsp3) is 0.500. The van der Waals surface area contributed by atoms with Crippen LogP contribution in [0.3, 0.4) is 0 Å². The maximum absolute atomic E-state index is 11.7. The van der Waals surface area contributed by atoms with Crippen LogP contribution >= 0.6 is 0 Å². The molecule has 0 aromatic heterocycles. The molecule has 114 valence electrons. The van der Waals surface area contributed by atoms with Crippen molar-refractivity contribution in [3.8, 4) is 0 Å². The first-order chi connectivity index (χ1) is 10.2. The second kappa shape index (κ2) is 7.78. The van der Waals surface area contributed by atoms with Gasteiger partial charge in [-0.15, -0.1) is 0 Å². The number of anilines is 1. The van der Waals surface area contributed by atoms with E-state index < -0.39 is 0 Å². The number of nitrogens with zero attached hydrogens (tertiary/aromatic N) is 1. The standard InChI is InChI=1S/C16H23N3O2/c1-17-10-2-4-15(20)18-14-8-6-13(7-9-14)12-19-11-3-5-16(19)21/h6-9,17H,2-5,10-12H2,1H3,(H,18,20). The van der Waals surface area contributed by atoms with E-state index in [-0.39, 0.29) is 11.8 Å². The molecule has 1 saturated heterocycles. The number of amides is 2. The minimum Gasteiger partial charge on any atom is -0.338 e. The Morgan fingerprint density at radius 3 is 2.67 bits per heavy atom. The Labute approximate surface area is 125 Å². The molecular weight excluding hydrogens is 266 g/mol. The van der Waals surface area contributed by atoms with Crippen molar-refractivity contribution in [3.05, 3.63) is 29.8 Å². The van der Waals surface area contributed by atoms with Crippen molar-refractivity contribution in [2.75, 3.05) is 25.5 Å². The van der Waals surface area contributed by atoms with E-state index in [9.17, 15) is 9.59 Å². The van der Waals surface area contributed by atoms with Crippen molar-refractivity contribution < 1.29 is 9.59 Å². The fourth-order valence-corrected chi connectivity index (χ4v) is 2.43. The number of nitrogens with one attached hydrogen (secondary N) is 2. The van der Waals surface area contributed by atoms with Crippen molar-refractivity contribution in [2.45, 2.75) is 32.2 Å². The van der Waals surface area contributed by atoms with Gasteiger partial charge in [0.2, 0.25) is 11.8 Å². The third-order valence-electron chi connectivity index (χ3n) is 3.61. The fourth-order valence-electron chi connectivity index (χ4n) is 2.43. The van der Waals surface area contributed by atoms with Gasteiger partial charge >= 0.3 is 0 Å². The Morgan fingerprint density at radius 2 is 2.05 bits per heavy atom. The lowest BCUT2D eigenvalue weighted by molar-refractivity contribution is -0.128. The minimum atomic E-state index is 0.0349. The van der Waals surface area contributed by atoms with Crippen LogP contribution in [0.5, 0.6) is 0 Å². The van der Waals surface area contributed by atoms with Crippen LogP contribution in [0.25, 0.3) is 0 Å². The lowest BCUT2D eigenvalue weighted by Gasteiger charge is -2.15. The highest BCUT2D eigenvalue weighted by atomic mass is 16.2. The summed E-state index contributed by atoms with van der Waals surface area (Å²) in [4.78, 5) is 25.2. The maximum Gasteiger partial charge on any atom is 0.224 e. The number of rotatable bonds is 7. The van der Waals surface area contributed by atoms with Crippen LogP contribution in [0.1, 0.15) is 31.2 Å². The first-order valence-electron chi connectivity index (χ1n) is 7.50. The highest BCUT2D eigenvalue weighted by molar-refractivity contribution is 5.90. The highest BCUT2D eigenvalue weighted by Gasteiger charge is 2.19. The van der Waals surface area contributed by atoms with E-state index in [1.165, 1.54) is 0 Å². The van der Waals surface area contributed by atoms with Gasteiger partial charge in [-0.3, -0.25) is 9.59 Å². The molecule has 0 saturated carbocycles. The Kier molecular flexibility index (Phi) is 5.75. The predicted molar refractivity (Wildman–Crippen MR) is 82.9 cm³/mol. The minimum absolute atomic E-state index is 0.0349. The zero-order chi connectivity index (χ0) is 15.1. The summed E-state index contributed by atoms with van der Waals surface area (Å²) >= 11 is 0. The molecule has 0 radical (unpaired) electrons. The summed E-state index contributed by atoms with van der Waals surface area (Å²) in [6, 6.07) is 7.72. The second-order valence-electron chi connectivity index (χ2n) is 5.37. The summed E-state index contributed by atoms with van der Waals surface area (Å²) in [7, 11) is 1.88. The molecule has 1 aliphatic heterocycles. The van der Waals surface area contributed by atoms with Gasteiger partial charge in [-0.05, 0) is 44.1 Å². The number of benzene rings is 1. The zero-order valence-corrected chi connectivity index (χ0v) is 12.5. The second-order valence-corrected chi connectivity index (χ2v) is 5.37. The average molecular weight is 289 g/mol. The topological polar surface area (TPSA) is 61.4 Å². The van der Waals surface area contributed by atoms with E-state index in [0.29, 0.717) is 19.4 Å². The molecule has 0 aliphatic carbocycles. The smallest absolute Gasteiger partial charge is 0.224 e. The molecule has 5 nitrogen and oxygen atoms in total. The molecule has 2 rings (SSSR count). The number of hydrogen-bond donors (Lipinski definition) is 2. The first kappa shape index (κ1) is 15.5. The normalized spacial score (nSPS) is 14.5. The first-order valence-corrected chi connectivity index (χ1v) is 7.50. The summed E-state index contributed by atoms with van der Waals surface area (Å²) in [5.74, 6) is 0.268. The van der Waals surface area contributed by atoms with E-state index in [1.54, 1.807) is 0 Å². The van der Waals surface area contributed by atoms with Gasteiger partial charge in [-0.25, -0.2) is 0 Å². The summed E-state index contributed by atoms with van der Waals surface area (Å²) in [6.07, 6.45) is 2.97. The summed E-state index contributed by atoms with van der Waals surface area (Å²) in [6.45, 7) is 2.36. The van der Waals surface area contributed by atoms with Gasteiger partial charge < -0.3 is 15.5 Å². The summed E-state index contributed by atoms with van der Waals surface area (Å²) < 4.78 is 0. The monoisotopic (exact) mass is 289 g/mol. The van der Waals surface area contributed by atoms with Crippen LogP contribution < -0.4 is 10.6 Å². The van der Waals surface area contributed by atoms with Crippen LogP contribution in [0.4, 0.5) is 5.69 Å². The maximum atomic E-state index is 11.7. The third-order valence-corrected chi connectivity index (χ3v) is 3.61. The Hall–Kier alpha value is -1.88. The Morgan fingerprint density at radius 1 is 1.29 bits per heavy atom. The van der Waals surface area contributed by atoms with E-state index in [4.69, 9.17) is 0 Å². The molecule has 1 aliphatic rings. The van der Waals surface area contributed by atoms with E-state index in [2.05, 4.69) is 10.6 Å². The molecule has 0 bridgehead atoms. The lowest BCUT2D eigenvalue weighted by Crippen LogP contribution is -2.23.